The van der Waals surface area contributed by atoms with Gasteiger partial charge in [-0.3, -0.25) is 0 Å². The summed E-state index contributed by atoms with van der Waals surface area (Å²) in [5, 5.41) is 3.76. The van der Waals surface area contributed by atoms with Crippen LogP contribution in [0.2, 0.25) is 0 Å². The van der Waals surface area contributed by atoms with Gasteiger partial charge in [0.1, 0.15) is 0 Å². The summed E-state index contributed by atoms with van der Waals surface area (Å²) < 4.78 is 0. The first-order chi connectivity index (χ1) is 8.42. The topological polar surface area (TPSA) is 12.0 Å². The van der Waals surface area contributed by atoms with E-state index in [4.69, 9.17) is 0 Å². The van der Waals surface area contributed by atoms with Crippen molar-refractivity contribution >= 4 is 0 Å². The normalized spacial score (nSPS) is 24.1. The van der Waals surface area contributed by atoms with Crippen molar-refractivity contribution in [1.82, 2.24) is 5.32 Å². The molecule has 2 aliphatic carbocycles. The molecular weight excluding hydrogens is 206 g/mol. The lowest BCUT2D eigenvalue weighted by Gasteiger charge is -2.29. The average Bonchev–Trinajstić information content (AvgIpc) is 2.32. The molecule has 0 bridgehead atoms. The largest absolute Gasteiger partial charge is 0.314 e. The lowest BCUT2D eigenvalue weighted by molar-refractivity contribution is 0.285. The third kappa shape index (κ3) is 2.71. The Bertz CT molecular complexity index is 368. The van der Waals surface area contributed by atoms with Crippen LogP contribution >= 0.6 is 0 Å². The van der Waals surface area contributed by atoms with Crippen LogP contribution in [0.5, 0.6) is 0 Å². The van der Waals surface area contributed by atoms with Gasteiger partial charge < -0.3 is 5.32 Å². The van der Waals surface area contributed by atoms with Crippen LogP contribution in [0.4, 0.5) is 0 Å². The number of rotatable bonds is 4. The molecule has 1 nitrogen and oxygen atoms in total. The van der Waals surface area contributed by atoms with E-state index in [1.54, 1.807) is 11.1 Å². The maximum atomic E-state index is 3.76. The molecule has 92 valence electrons. The maximum Gasteiger partial charge on any atom is 0.0111 e. The van der Waals surface area contributed by atoms with Gasteiger partial charge in [-0.15, -0.1) is 0 Å². The van der Waals surface area contributed by atoms with Gasteiger partial charge in [0.2, 0.25) is 0 Å². The van der Waals surface area contributed by atoms with Crippen LogP contribution in [0, 0.1) is 5.92 Å². The van der Waals surface area contributed by atoms with E-state index in [1.807, 2.05) is 0 Å². The molecule has 1 atom stereocenters. The number of nitrogens with one attached hydrogen (secondary N) is 1. The van der Waals surface area contributed by atoms with Crippen molar-refractivity contribution in [1.29, 1.82) is 0 Å². The van der Waals surface area contributed by atoms with Crippen LogP contribution in [-0.2, 0) is 12.8 Å². The van der Waals surface area contributed by atoms with E-state index in [2.05, 4.69) is 29.6 Å². The van der Waals surface area contributed by atoms with Crippen molar-refractivity contribution in [3.05, 3.63) is 35.4 Å². The van der Waals surface area contributed by atoms with Crippen molar-refractivity contribution in [2.45, 2.75) is 51.0 Å². The second-order valence-corrected chi connectivity index (χ2v) is 5.75. The van der Waals surface area contributed by atoms with Crippen LogP contribution in [0.15, 0.2) is 24.3 Å². The smallest absolute Gasteiger partial charge is 0.0111 e. The Morgan fingerprint density at radius 2 is 1.88 bits per heavy atom. The fraction of sp³-hybridized carbons (Fsp3) is 0.625. The molecule has 1 aromatic rings. The highest BCUT2D eigenvalue weighted by atomic mass is 14.9. The summed E-state index contributed by atoms with van der Waals surface area (Å²) in [5.41, 5.74) is 3.14. The van der Waals surface area contributed by atoms with E-state index in [1.165, 1.54) is 51.5 Å². The molecule has 0 aromatic heterocycles. The van der Waals surface area contributed by atoms with Gasteiger partial charge >= 0.3 is 0 Å². The molecule has 0 amide bonds. The highest BCUT2D eigenvalue weighted by molar-refractivity contribution is 5.30. The zero-order chi connectivity index (χ0) is 11.5. The van der Waals surface area contributed by atoms with Crippen LogP contribution < -0.4 is 5.32 Å². The molecule has 1 fully saturated rings. The summed E-state index contributed by atoms with van der Waals surface area (Å²) in [6.45, 7) is 1.23. The van der Waals surface area contributed by atoms with Gasteiger partial charge in [0.25, 0.3) is 0 Å². The number of fused-ring (bicyclic) bond motifs is 1. The van der Waals surface area contributed by atoms with Gasteiger partial charge in [-0.1, -0.05) is 43.5 Å². The minimum Gasteiger partial charge on any atom is -0.314 e. The minimum atomic E-state index is 0.727. The van der Waals surface area contributed by atoms with E-state index in [9.17, 15) is 0 Å². The number of hydrogen-bond acceptors (Lipinski definition) is 1. The van der Waals surface area contributed by atoms with Crippen molar-refractivity contribution in [2.24, 2.45) is 5.92 Å². The van der Waals surface area contributed by atoms with Crippen molar-refractivity contribution in [2.75, 3.05) is 6.54 Å². The number of aryl methyl sites for hydroxylation is 1. The predicted molar refractivity (Wildman–Crippen MR) is 72.2 cm³/mol. The fourth-order valence-electron chi connectivity index (χ4n) is 3.15. The van der Waals surface area contributed by atoms with Gasteiger partial charge in [0, 0.05) is 6.04 Å². The molecule has 0 saturated heterocycles. The molecule has 1 aromatic carbocycles. The molecule has 0 heterocycles. The van der Waals surface area contributed by atoms with Gasteiger partial charge in [-0.2, -0.15) is 0 Å². The third-order valence-corrected chi connectivity index (χ3v) is 4.56. The average molecular weight is 229 g/mol. The summed E-state index contributed by atoms with van der Waals surface area (Å²) in [6.07, 6.45) is 9.66. The minimum absolute atomic E-state index is 0.727. The Labute approximate surface area is 105 Å². The Balaban J connectivity index is 1.46. The first-order valence-corrected chi connectivity index (χ1v) is 7.22. The SMILES string of the molecule is c1ccc2c(c1)CCC(NCCC1CCC1)C2. The first-order valence-electron chi connectivity index (χ1n) is 7.22. The standard InChI is InChI=1S/C16H23N/c1-2-7-15-12-16(9-8-14(15)6-1)17-11-10-13-4-3-5-13/h1-2,6-7,13,16-17H,3-5,8-12H2. The molecule has 0 spiro atoms. The Kier molecular flexibility index (Phi) is 3.46. The van der Waals surface area contributed by atoms with E-state index in [0.717, 1.165) is 12.0 Å². The Morgan fingerprint density at radius 1 is 1.06 bits per heavy atom. The zero-order valence-electron chi connectivity index (χ0n) is 10.6. The monoisotopic (exact) mass is 229 g/mol. The molecule has 0 aliphatic heterocycles. The lowest BCUT2D eigenvalue weighted by atomic mass is 9.83. The maximum absolute atomic E-state index is 3.76. The molecule has 1 heteroatoms. The molecule has 3 rings (SSSR count). The van der Waals surface area contributed by atoms with E-state index in [-0.39, 0.29) is 0 Å². The Hall–Kier alpha value is -0.820. The molecular formula is C16H23N. The summed E-state index contributed by atoms with van der Waals surface area (Å²) in [5.74, 6) is 1.04. The highest BCUT2D eigenvalue weighted by Crippen LogP contribution is 2.29. The molecule has 2 aliphatic rings. The highest BCUT2D eigenvalue weighted by Gasteiger charge is 2.19. The van der Waals surface area contributed by atoms with E-state index < -0.39 is 0 Å². The first kappa shape index (κ1) is 11.3. The summed E-state index contributed by atoms with van der Waals surface area (Å²) >= 11 is 0. The Morgan fingerprint density at radius 3 is 2.65 bits per heavy atom. The second kappa shape index (κ2) is 5.22. The second-order valence-electron chi connectivity index (χ2n) is 5.75. The van der Waals surface area contributed by atoms with Crippen molar-refractivity contribution in [3.8, 4) is 0 Å². The third-order valence-electron chi connectivity index (χ3n) is 4.56. The van der Waals surface area contributed by atoms with Crippen molar-refractivity contribution < 1.29 is 0 Å². The van der Waals surface area contributed by atoms with Crippen LogP contribution in [0.3, 0.4) is 0 Å². The molecule has 1 N–H and O–H groups in total. The van der Waals surface area contributed by atoms with Gasteiger partial charge in [-0.25, -0.2) is 0 Å². The molecule has 17 heavy (non-hydrogen) atoms. The van der Waals surface area contributed by atoms with E-state index >= 15 is 0 Å². The quantitative estimate of drug-likeness (QED) is 0.835. The summed E-state index contributed by atoms with van der Waals surface area (Å²) in [4.78, 5) is 0. The number of benzene rings is 1. The fourth-order valence-corrected chi connectivity index (χ4v) is 3.15. The molecule has 1 saturated carbocycles. The van der Waals surface area contributed by atoms with Gasteiger partial charge in [-0.05, 0) is 49.3 Å². The van der Waals surface area contributed by atoms with Gasteiger partial charge in [0.15, 0.2) is 0 Å². The predicted octanol–water partition coefficient (Wildman–Crippen LogP) is 3.32. The van der Waals surface area contributed by atoms with E-state index in [0.29, 0.717) is 0 Å². The van der Waals surface area contributed by atoms with Crippen molar-refractivity contribution in [3.63, 3.8) is 0 Å². The summed E-state index contributed by atoms with van der Waals surface area (Å²) in [7, 11) is 0. The number of hydrogen-bond donors (Lipinski definition) is 1. The zero-order valence-corrected chi connectivity index (χ0v) is 10.6. The summed E-state index contributed by atoms with van der Waals surface area (Å²) in [6, 6.07) is 9.67. The van der Waals surface area contributed by atoms with Crippen LogP contribution in [-0.4, -0.2) is 12.6 Å². The lowest BCUT2D eigenvalue weighted by Crippen LogP contribution is -2.36. The molecule has 0 radical (unpaired) electrons. The van der Waals surface area contributed by atoms with Crippen LogP contribution in [0.25, 0.3) is 0 Å². The van der Waals surface area contributed by atoms with Gasteiger partial charge in [0.05, 0.1) is 0 Å². The van der Waals surface area contributed by atoms with Crippen LogP contribution in [0.1, 0.15) is 43.2 Å². The molecule has 1 unspecified atom stereocenters.